The molecule has 144 valence electrons. The third-order valence-corrected chi connectivity index (χ3v) is 6.69. The lowest BCUT2D eigenvalue weighted by Crippen LogP contribution is -2.51. The van der Waals surface area contributed by atoms with E-state index in [4.69, 9.17) is 4.74 Å². The van der Waals surface area contributed by atoms with Gasteiger partial charge in [-0.3, -0.25) is 4.79 Å². The molecular formula is C17H17FN2O5S2. The predicted molar refractivity (Wildman–Crippen MR) is 96.3 cm³/mol. The smallest absolute Gasteiger partial charge is 0.339 e. The van der Waals surface area contributed by atoms with Crippen LogP contribution in [-0.2, 0) is 19.6 Å². The molecule has 0 unspecified atom stereocenters. The number of halogens is 1. The summed E-state index contributed by atoms with van der Waals surface area (Å²) in [5.41, 5.74) is 0.388. The number of hydrogen-bond acceptors (Lipinski definition) is 6. The fourth-order valence-corrected chi connectivity index (χ4v) is 4.72. The van der Waals surface area contributed by atoms with E-state index in [9.17, 15) is 22.4 Å². The molecule has 1 aromatic carbocycles. The number of carbonyl (C=O) groups is 2. The first-order valence-electron chi connectivity index (χ1n) is 8.11. The Morgan fingerprint density at radius 1 is 1.15 bits per heavy atom. The van der Waals surface area contributed by atoms with Gasteiger partial charge in [-0.05, 0) is 29.6 Å². The van der Waals surface area contributed by atoms with E-state index < -0.39 is 28.4 Å². The van der Waals surface area contributed by atoms with E-state index in [1.54, 1.807) is 16.8 Å². The second-order valence-corrected chi connectivity index (χ2v) is 8.55. The van der Waals surface area contributed by atoms with Gasteiger partial charge >= 0.3 is 5.97 Å². The van der Waals surface area contributed by atoms with Crippen LogP contribution in [0.3, 0.4) is 0 Å². The lowest BCUT2D eigenvalue weighted by Gasteiger charge is -2.33. The van der Waals surface area contributed by atoms with E-state index in [0.29, 0.717) is 5.56 Å². The molecule has 7 nitrogen and oxygen atoms in total. The maximum absolute atomic E-state index is 13.3. The Labute approximate surface area is 160 Å². The highest BCUT2D eigenvalue weighted by atomic mass is 32.2. The Bertz CT molecular complexity index is 923. The molecule has 27 heavy (non-hydrogen) atoms. The zero-order valence-electron chi connectivity index (χ0n) is 14.2. The van der Waals surface area contributed by atoms with E-state index in [0.717, 1.165) is 6.07 Å². The second-order valence-electron chi connectivity index (χ2n) is 5.83. The van der Waals surface area contributed by atoms with Crippen LogP contribution in [0.2, 0.25) is 0 Å². The van der Waals surface area contributed by atoms with E-state index >= 15 is 0 Å². The highest BCUT2D eigenvalue weighted by molar-refractivity contribution is 7.89. The normalized spacial score (nSPS) is 15.5. The van der Waals surface area contributed by atoms with E-state index in [1.807, 2.05) is 0 Å². The summed E-state index contributed by atoms with van der Waals surface area (Å²) in [7, 11) is -3.82. The van der Waals surface area contributed by atoms with E-state index in [2.05, 4.69) is 0 Å². The molecular weight excluding hydrogens is 395 g/mol. The average molecular weight is 412 g/mol. The molecule has 1 aliphatic rings. The minimum atomic E-state index is -3.82. The number of esters is 1. The first-order chi connectivity index (χ1) is 12.9. The van der Waals surface area contributed by atoms with Gasteiger partial charge in [0.05, 0.1) is 10.5 Å². The number of nitrogens with zero attached hydrogens (tertiary/aromatic N) is 2. The van der Waals surface area contributed by atoms with Crippen LogP contribution < -0.4 is 0 Å². The third kappa shape index (κ3) is 4.52. The van der Waals surface area contributed by atoms with Crippen LogP contribution in [-0.4, -0.2) is 62.3 Å². The molecule has 0 radical (unpaired) electrons. The molecule has 1 aliphatic heterocycles. The maximum atomic E-state index is 13.3. The largest absolute Gasteiger partial charge is 0.452 e. The summed E-state index contributed by atoms with van der Waals surface area (Å²) >= 11 is 1.35. The van der Waals surface area contributed by atoms with Crippen molar-refractivity contribution in [3.05, 3.63) is 52.5 Å². The molecule has 1 amide bonds. The first kappa shape index (κ1) is 19.5. The SMILES string of the molecule is O=C(OCC(=O)N1CCN(S(=O)(=O)c2cccc(F)c2)CC1)c1ccsc1. The number of amides is 1. The number of carbonyl (C=O) groups excluding carboxylic acids is 2. The molecule has 10 heteroatoms. The van der Waals surface area contributed by atoms with Crippen LogP contribution in [0.5, 0.6) is 0 Å². The molecule has 0 atom stereocenters. The van der Waals surface area contributed by atoms with E-state index in [1.165, 1.54) is 38.7 Å². The number of rotatable bonds is 5. The number of hydrogen-bond donors (Lipinski definition) is 0. The molecule has 2 aromatic rings. The summed E-state index contributed by atoms with van der Waals surface area (Å²) in [6, 6.07) is 6.42. The lowest BCUT2D eigenvalue weighted by molar-refractivity contribution is -0.135. The molecule has 0 bridgehead atoms. The van der Waals surface area contributed by atoms with Gasteiger partial charge in [0.1, 0.15) is 5.82 Å². The van der Waals surface area contributed by atoms with Crippen LogP contribution in [0.25, 0.3) is 0 Å². The lowest BCUT2D eigenvalue weighted by atomic mass is 10.3. The van der Waals surface area contributed by atoms with Crippen molar-refractivity contribution in [2.75, 3.05) is 32.8 Å². The monoisotopic (exact) mass is 412 g/mol. The van der Waals surface area contributed by atoms with Gasteiger partial charge in [0.15, 0.2) is 6.61 Å². The zero-order valence-corrected chi connectivity index (χ0v) is 15.8. The van der Waals surface area contributed by atoms with Crippen molar-refractivity contribution in [2.24, 2.45) is 0 Å². The highest BCUT2D eigenvalue weighted by Gasteiger charge is 2.30. The van der Waals surface area contributed by atoms with Gasteiger partial charge in [0, 0.05) is 31.6 Å². The Morgan fingerprint density at radius 2 is 1.89 bits per heavy atom. The minimum absolute atomic E-state index is 0.0864. The van der Waals surface area contributed by atoms with Gasteiger partial charge in [-0.15, -0.1) is 0 Å². The van der Waals surface area contributed by atoms with Gasteiger partial charge in [0.2, 0.25) is 10.0 Å². The van der Waals surface area contributed by atoms with Crippen molar-refractivity contribution in [3.63, 3.8) is 0 Å². The Kier molecular flexibility index (Phi) is 5.88. The Balaban J connectivity index is 1.54. The predicted octanol–water partition coefficient (Wildman–Crippen LogP) is 1.58. The molecule has 1 saturated heterocycles. The minimum Gasteiger partial charge on any atom is -0.452 e. The Morgan fingerprint density at radius 3 is 2.52 bits per heavy atom. The average Bonchev–Trinajstić information content (AvgIpc) is 3.21. The second kappa shape index (κ2) is 8.15. The van der Waals surface area contributed by atoms with Gasteiger partial charge in [-0.2, -0.15) is 15.6 Å². The molecule has 0 spiro atoms. The van der Waals surface area contributed by atoms with Crippen molar-refractivity contribution in [3.8, 4) is 0 Å². The van der Waals surface area contributed by atoms with Crippen LogP contribution in [0.4, 0.5) is 4.39 Å². The summed E-state index contributed by atoms with van der Waals surface area (Å²) in [5, 5.41) is 3.36. The van der Waals surface area contributed by atoms with Gasteiger partial charge in [-0.25, -0.2) is 17.6 Å². The quantitative estimate of drug-likeness (QED) is 0.697. The molecule has 0 N–H and O–H groups in total. The van der Waals surface area contributed by atoms with Crippen LogP contribution in [0.15, 0.2) is 46.0 Å². The van der Waals surface area contributed by atoms with Gasteiger partial charge in [0.25, 0.3) is 5.91 Å². The van der Waals surface area contributed by atoms with Crippen molar-refractivity contribution < 1.29 is 27.1 Å². The number of sulfonamides is 1. The number of benzene rings is 1. The maximum Gasteiger partial charge on any atom is 0.339 e. The first-order valence-corrected chi connectivity index (χ1v) is 10.5. The molecule has 1 aromatic heterocycles. The fraction of sp³-hybridized carbons (Fsp3) is 0.294. The standard InChI is InChI=1S/C17H17FN2O5S2/c18-14-2-1-3-15(10-14)27(23,24)20-7-5-19(6-8-20)16(21)11-25-17(22)13-4-9-26-12-13/h1-4,9-10,12H,5-8,11H2. The molecule has 0 saturated carbocycles. The van der Waals surface area contributed by atoms with Crippen molar-refractivity contribution in [1.82, 2.24) is 9.21 Å². The van der Waals surface area contributed by atoms with Crippen LogP contribution in [0.1, 0.15) is 10.4 Å². The Hall–Kier alpha value is -2.30. The summed E-state index contributed by atoms with van der Waals surface area (Å²) in [6.07, 6.45) is 0. The molecule has 2 heterocycles. The van der Waals surface area contributed by atoms with Crippen LogP contribution in [0, 0.1) is 5.82 Å². The van der Waals surface area contributed by atoms with Crippen molar-refractivity contribution in [2.45, 2.75) is 4.90 Å². The molecule has 1 fully saturated rings. The summed E-state index contributed by atoms with van der Waals surface area (Å²) in [6.45, 7) is 0.115. The molecule has 0 aliphatic carbocycles. The van der Waals surface area contributed by atoms with Gasteiger partial charge in [-0.1, -0.05) is 6.07 Å². The number of ether oxygens (including phenoxy) is 1. The van der Waals surface area contributed by atoms with E-state index in [-0.39, 0.29) is 37.0 Å². The zero-order chi connectivity index (χ0) is 19.4. The van der Waals surface area contributed by atoms with Crippen molar-refractivity contribution >= 4 is 33.2 Å². The third-order valence-electron chi connectivity index (χ3n) is 4.11. The van der Waals surface area contributed by atoms with Crippen LogP contribution >= 0.6 is 11.3 Å². The number of thiophene rings is 1. The van der Waals surface area contributed by atoms with Gasteiger partial charge < -0.3 is 9.64 Å². The number of piperazine rings is 1. The topological polar surface area (TPSA) is 84.0 Å². The van der Waals surface area contributed by atoms with Crippen molar-refractivity contribution in [1.29, 1.82) is 0 Å². The summed E-state index contributed by atoms with van der Waals surface area (Å²) in [4.78, 5) is 25.3. The fourth-order valence-electron chi connectivity index (χ4n) is 2.64. The summed E-state index contributed by atoms with van der Waals surface area (Å²) in [5.74, 6) is -1.59. The molecule has 3 rings (SSSR count). The highest BCUT2D eigenvalue weighted by Crippen LogP contribution is 2.18. The summed E-state index contributed by atoms with van der Waals surface area (Å²) < 4.78 is 44.6.